The van der Waals surface area contributed by atoms with Crippen LogP contribution in [-0.4, -0.2) is 5.54 Å². The first kappa shape index (κ1) is 9.05. The van der Waals surface area contributed by atoms with Gasteiger partial charge in [0.25, 0.3) is 0 Å². The van der Waals surface area contributed by atoms with Crippen molar-refractivity contribution in [2.24, 2.45) is 23.5 Å². The third-order valence-electron chi connectivity index (χ3n) is 3.53. The fraction of sp³-hybridized carbons (Fsp3) is 1.00. The van der Waals surface area contributed by atoms with Gasteiger partial charge in [-0.25, -0.2) is 0 Å². The van der Waals surface area contributed by atoms with Crippen molar-refractivity contribution in [3.63, 3.8) is 0 Å². The van der Waals surface area contributed by atoms with Gasteiger partial charge < -0.3 is 5.73 Å². The highest BCUT2D eigenvalue weighted by Crippen LogP contribution is 2.41. The highest BCUT2D eigenvalue weighted by molar-refractivity contribution is 4.97. The summed E-state index contributed by atoms with van der Waals surface area (Å²) in [6, 6.07) is 0. The van der Waals surface area contributed by atoms with E-state index in [2.05, 4.69) is 27.7 Å². The van der Waals surface area contributed by atoms with E-state index in [1.807, 2.05) is 0 Å². The van der Waals surface area contributed by atoms with Gasteiger partial charge in [0.15, 0.2) is 0 Å². The quantitative estimate of drug-likeness (QED) is 0.618. The van der Waals surface area contributed by atoms with Crippen LogP contribution in [-0.2, 0) is 0 Å². The maximum Gasteiger partial charge on any atom is 0.0182 e. The molecule has 1 saturated carbocycles. The van der Waals surface area contributed by atoms with Crippen LogP contribution in [0.15, 0.2) is 0 Å². The molecule has 0 aromatic heterocycles. The summed E-state index contributed by atoms with van der Waals surface area (Å²) in [6.07, 6.45) is 2.43. The predicted molar refractivity (Wildman–Crippen MR) is 49.3 cm³/mol. The molecule has 66 valence electrons. The van der Waals surface area contributed by atoms with E-state index in [4.69, 9.17) is 5.73 Å². The SMILES string of the molecule is CC1CC(N)(C(C)C)CC1C. The fourth-order valence-electron chi connectivity index (χ4n) is 2.16. The van der Waals surface area contributed by atoms with Gasteiger partial charge in [0.2, 0.25) is 0 Å². The van der Waals surface area contributed by atoms with Gasteiger partial charge in [0, 0.05) is 5.54 Å². The summed E-state index contributed by atoms with van der Waals surface area (Å²) in [6.45, 7) is 9.12. The minimum Gasteiger partial charge on any atom is -0.325 e. The minimum absolute atomic E-state index is 0.138. The molecule has 11 heavy (non-hydrogen) atoms. The first-order valence-electron chi connectivity index (χ1n) is 4.74. The molecule has 2 atom stereocenters. The largest absolute Gasteiger partial charge is 0.325 e. The van der Waals surface area contributed by atoms with Crippen LogP contribution >= 0.6 is 0 Å². The third-order valence-corrected chi connectivity index (χ3v) is 3.53. The highest BCUT2D eigenvalue weighted by Gasteiger charge is 2.40. The molecule has 0 aromatic carbocycles. The Morgan fingerprint density at radius 2 is 1.55 bits per heavy atom. The van der Waals surface area contributed by atoms with E-state index in [9.17, 15) is 0 Å². The Morgan fingerprint density at radius 3 is 1.73 bits per heavy atom. The smallest absolute Gasteiger partial charge is 0.0182 e. The molecule has 0 aromatic rings. The van der Waals surface area contributed by atoms with Crippen LogP contribution in [0.25, 0.3) is 0 Å². The molecule has 1 aliphatic rings. The maximum atomic E-state index is 6.28. The van der Waals surface area contributed by atoms with Crippen LogP contribution in [0.2, 0.25) is 0 Å². The van der Waals surface area contributed by atoms with Gasteiger partial charge in [0.05, 0.1) is 0 Å². The van der Waals surface area contributed by atoms with Crippen molar-refractivity contribution in [3.8, 4) is 0 Å². The third kappa shape index (κ3) is 1.58. The second kappa shape index (κ2) is 2.78. The van der Waals surface area contributed by atoms with E-state index in [-0.39, 0.29) is 5.54 Å². The molecule has 1 heteroatoms. The lowest BCUT2D eigenvalue weighted by Gasteiger charge is -2.28. The van der Waals surface area contributed by atoms with E-state index in [1.54, 1.807) is 0 Å². The van der Waals surface area contributed by atoms with Gasteiger partial charge in [-0.05, 0) is 30.6 Å². The minimum atomic E-state index is 0.138. The Hall–Kier alpha value is -0.0400. The lowest BCUT2D eigenvalue weighted by atomic mass is 9.85. The summed E-state index contributed by atoms with van der Waals surface area (Å²) in [5.41, 5.74) is 6.42. The van der Waals surface area contributed by atoms with Crippen LogP contribution in [0.1, 0.15) is 40.5 Å². The lowest BCUT2D eigenvalue weighted by molar-refractivity contribution is 0.305. The average Bonchev–Trinajstić information content (AvgIpc) is 2.09. The molecular weight excluding hydrogens is 134 g/mol. The van der Waals surface area contributed by atoms with Crippen molar-refractivity contribution in [2.45, 2.75) is 46.1 Å². The number of hydrogen-bond donors (Lipinski definition) is 1. The van der Waals surface area contributed by atoms with Crippen LogP contribution in [0, 0.1) is 17.8 Å². The second-order valence-electron chi connectivity index (χ2n) is 4.75. The van der Waals surface area contributed by atoms with Crippen molar-refractivity contribution < 1.29 is 0 Å². The van der Waals surface area contributed by atoms with Gasteiger partial charge in [-0.15, -0.1) is 0 Å². The summed E-state index contributed by atoms with van der Waals surface area (Å²) in [5, 5.41) is 0. The molecule has 0 saturated heterocycles. The highest BCUT2D eigenvalue weighted by atomic mass is 14.8. The maximum absolute atomic E-state index is 6.28. The number of nitrogens with two attached hydrogens (primary N) is 1. The molecule has 0 spiro atoms. The molecule has 1 rings (SSSR count). The summed E-state index contributed by atoms with van der Waals surface area (Å²) >= 11 is 0. The Kier molecular flexibility index (Phi) is 2.29. The van der Waals surface area contributed by atoms with E-state index in [1.165, 1.54) is 12.8 Å². The first-order chi connectivity index (χ1) is 4.96. The molecular formula is C10H21N. The summed E-state index contributed by atoms with van der Waals surface area (Å²) in [5.74, 6) is 2.28. The van der Waals surface area contributed by atoms with Crippen LogP contribution < -0.4 is 5.73 Å². The van der Waals surface area contributed by atoms with Crippen molar-refractivity contribution >= 4 is 0 Å². The van der Waals surface area contributed by atoms with Gasteiger partial charge in [0.1, 0.15) is 0 Å². The standard InChI is InChI=1S/C10H21N/c1-7(2)10(11)5-8(3)9(4)6-10/h7-9H,5-6,11H2,1-4H3. The zero-order valence-corrected chi connectivity index (χ0v) is 8.22. The van der Waals surface area contributed by atoms with Gasteiger partial charge in [-0.1, -0.05) is 27.7 Å². The Bertz CT molecular complexity index is 130. The summed E-state index contributed by atoms with van der Waals surface area (Å²) in [4.78, 5) is 0. The van der Waals surface area contributed by atoms with Gasteiger partial charge in [-0.3, -0.25) is 0 Å². The molecule has 1 aliphatic carbocycles. The predicted octanol–water partition coefficient (Wildman–Crippen LogP) is 2.41. The Balaban J connectivity index is 2.64. The molecule has 0 heterocycles. The first-order valence-corrected chi connectivity index (χ1v) is 4.74. The monoisotopic (exact) mass is 155 g/mol. The van der Waals surface area contributed by atoms with Crippen LogP contribution in [0.3, 0.4) is 0 Å². The number of rotatable bonds is 1. The average molecular weight is 155 g/mol. The molecule has 0 amide bonds. The van der Waals surface area contributed by atoms with Gasteiger partial charge >= 0.3 is 0 Å². The topological polar surface area (TPSA) is 26.0 Å². The van der Waals surface area contributed by atoms with Crippen molar-refractivity contribution in [1.82, 2.24) is 0 Å². The van der Waals surface area contributed by atoms with Crippen molar-refractivity contribution in [3.05, 3.63) is 0 Å². The zero-order valence-electron chi connectivity index (χ0n) is 8.22. The van der Waals surface area contributed by atoms with Gasteiger partial charge in [-0.2, -0.15) is 0 Å². The van der Waals surface area contributed by atoms with E-state index in [0.717, 1.165) is 11.8 Å². The van der Waals surface area contributed by atoms with E-state index < -0.39 is 0 Å². The van der Waals surface area contributed by atoms with E-state index in [0.29, 0.717) is 5.92 Å². The fourth-order valence-corrected chi connectivity index (χ4v) is 2.16. The molecule has 1 nitrogen and oxygen atoms in total. The number of hydrogen-bond acceptors (Lipinski definition) is 1. The Labute approximate surface area is 70.4 Å². The molecule has 1 fully saturated rings. The zero-order chi connectivity index (χ0) is 8.65. The molecule has 0 aliphatic heterocycles. The molecule has 2 N–H and O–H groups in total. The lowest BCUT2D eigenvalue weighted by Crippen LogP contribution is -2.42. The van der Waals surface area contributed by atoms with E-state index >= 15 is 0 Å². The summed E-state index contributed by atoms with van der Waals surface area (Å²) < 4.78 is 0. The summed E-state index contributed by atoms with van der Waals surface area (Å²) in [7, 11) is 0. The normalized spacial score (nSPS) is 45.3. The molecule has 0 radical (unpaired) electrons. The van der Waals surface area contributed by atoms with Crippen molar-refractivity contribution in [1.29, 1.82) is 0 Å². The van der Waals surface area contributed by atoms with Crippen LogP contribution in [0.5, 0.6) is 0 Å². The van der Waals surface area contributed by atoms with Crippen LogP contribution in [0.4, 0.5) is 0 Å². The van der Waals surface area contributed by atoms with Crippen molar-refractivity contribution in [2.75, 3.05) is 0 Å². The second-order valence-corrected chi connectivity index (χ2v) is 4.75. The molecule has 2 unspecified atom stereocenters. The molecule has 0 bridgehead atoms. The Morgan fingerprint density at radius 1 is 1.18 bits per heavy atom.